The van der Waals surface area contributed by atoms with E-state index in [4.69, 9.17) is 11.5 Å². The second-order valence-electron chi connectivity index (χ2n) is 4.90. The molecule has 0 aliphatic rings. The molecular formula is C13H22N4O2S. The van der Waals surface area contributed by atoms with Crippen LogP contribution in [0, 0.1) is 5.92 Å². The lowest BCUT2D eigenvalue weighted by Crippen LogP contribution is -2.26. The molecule has 0 aliphatic carbocycles. The van der Waals surface area contributed by atoms with E-state index in [9.17, 15) is 9.59 Å². The summed E-state index contributed by atoms with van der Waals surface area (Å²) < 4.78 is 0. The van der Waals surface area contributed by atoms with Crippen molar-refractivity contribution in [1.82, 2.24) is 5.32 Å². The fourth-order valence-corrected chi connectivity index (χ4v) is 3.02. The Morgan fingerprint density at radius 1 is 1.35 bits per heavy atom. The van der Waals surface area contributed by atoms with Gasteiger partial charge in [-0.1, -0.05) is 20.8 Å². The van der Waals surface area contributed by atoms with E-state index >= 15 is 0 Å². The minimum absolute atomic E-state index is 0.142. The first-order valence-corrected chi connectivity index (χ1v) is 7.35. The van der Waals surface area contributed by atoms with Gasteiger partial charge in [0, 0.05) is 13.1 Å². The fourth-order valence-electron chi connectivity index (χ4n) is 1.99. The van der Waals surface area contributed by atoms with Gasteiger partial charge in [-0.05, 0) is 12.3 Å². The molecule has 6 nitrogen and oxygen atoms in total. The van der Waals surface area contributed by atoms with Crippen LogP contribution in [0.25, 0.3) is 0 Å². The first-order valence-electron chi connectivity index (χ1n) is 6.54. The highest BCUT2D eigenvalue weighted by molar-refractivity contribution is 7.19. The van der Waals surface area contributed by atoms with Gasteiger partial charge in [0.1, 0.15) is 9.88 Å². The van der Waals surface area contributed by atoms with Crippen LogP contribution in [-0.4, -0.2) is 24.9 Å². The molecule has 0 saturated heterocycles. The third kappa shape index (κ3) is 3.22. The van der Waals surface area contributed by atoms with E-state index < -0.39 is 5.91 Å². The van der Waals surface area contributed by atoms with Crippen LogP contribution >= 0.6 is 11.3 Å². The maximum atomic E-state index is 12.0. The van der Waals surface area contributed by atoms with Crippen molar-refractivity contribution in [3.05, 3.63) is 10.4 Å². The third-order valence-corrected chi connectivity index (χ3v) is 4.34. The van der Waals surface area contributed by atoms with Gasteiger partial charge >= 0.3 is 0 Å². The van der Waals surface area contributed by atoms with Crippen molar-refractivity contribution in [2.24, 2.45) is 11.7 Å². The zero-order valence-electron chi connectivity index (χ0n) is 12.2. The molecule has 1 rings (SSSR count). The third-order valence-electron chi connectivity index (χ3n) is 3.18. The van der Waals surface area contributed by atoms with Crippen LogP contribution < -0.4 is 22.1 Å². The summed E-state index contributed by atoms with van der Waals surface area (Å²) in [6.07, 6.45) is 0.897. The van der Waals surface area contributed by atoms with Gasteiger partial charge in [-0.3, -0.25) is 9.59 Å². The summed E-state index contributed by atoms with van der Waals surface area (Å²) in [7, 11) is 1.52. The number of primary amides is 1. The first-order chi connectivity index (χ1) is 9.33. The number of rotatable bonds is 6. The molecule has 112 valence electrons. The van der Waals surface area contributed by atoms with Gasteiger partial charge in [0.15, 0.2) is 0 Å². The minimum Gasteiger partial charge on any atom is -0.397 e. The summed E-state index contributed by atoms with van der Waals surface area (Å²) in [6.45, 7) is 6.24. The van der Waals surface area contributed by atoms with Gasteiger partial charge in [0.2, 0.25) is 0 Å². The Kier molecular flexibility index (Phi) is 5.38. The zero-order valence-corrected chi connectivity index (χ0v) is 13.1. The van der Waals surface area contributed by atoms with Gasteiger partial charge in [-0.2, -0.15) is 0 Å². The topological polar surface area (TPSA) is 110 Å². The van der Waals surface area contributed by atoms with Gasteiger partial charge in [0.05, 0.1) is 11.3 Å². The van der Waals surface area contributed by atoms with Crippen LogP contribution in [0.4, 0.5) is 10.7 Å². The highest BCUT2D eigenvalue weighted by atomic mass is 32.1. The minimum atomic E-state index is -0.622. The van der Waals surface area contributed by atoms with E-state index in [1.807, 2.05) is 0 Å². The molecule has 0 fully saturated rings. The molecule has 1 aromatic heterocycles. The van der Waals surface area contributed by atoms with E-state index in [0.717, 1.165) is 17.8 Å². The fraction of sp³-hybridized carbons (Fsp3) is 0.538. The Labute approximate surface area is 122 Å². The Bertz CT molecular complexity index is 511. The van der Waals surface area contributed by atoms with Gasteiger partial charge in [-0.15, -0.1) is 11.3 Å². The van der Waals surface area contributed by atoms with E-state index in [1.165, 1.54) is 7.05 Å². The average molecular weight is 298 g/mol. The molecule has 7 heteroatoms. The monoisotopic (exact) mass is 298 g/mol. The van der Waals surface area contributed by atoms with Gasteiger partial charge in [-0.25, -0.2) is 0 Å². The lowest BCUT2D eigenvalue weighted by atomic mass is 10.0. The van der Waals surface area contributed by atoms with Crippen LogP contribution in [0.15, 0.2) is 0 Å². The van der Waals surface area contributed by atoms with Crippen molar-refractivity contribution in [2.75, 3.05) is 18.1 Å². The number of hydrogen-bond donors (Lipinski definition) is 4. The summed E-state index contributed by atoms with van der Waals surface area (Å²) >= 11 is 1.13. The van der Waals surface area contributed by atoms with E-state index in [-0.39, 0.29) is 22.5 Å². The number of anilines is 2. The molecule has 1 heterocycles. The standard InChI is InChI=1S/C13H22N4O2S/c1-5-7(6(2)3)17-13-8(12(19)16-4)9(14)10(20-13)11(15)18/h6-7,17H,5,14H2,1-4H3,(H2,15,18)(H,16,19). The SMILES string of the molecule is CCC(Nc1sc(C(N)=O)c(N)c1C(=O)NC)C(C)C. The van der Waals surface area contributed by atoms with Gasteiger partial charge in [0.25, 0.3) is 11.8 Å². The molecule has 2 amide bonds. The zero-order chi connectivity index (χ0) is 15.4. The highest BCUT2D eigenvalue weighted by Crippen LogP contribution is 2.36. The normalized spacial score (nSPS) is 12.2. The molecule has 20 heavy (non-hydrogen) atoms. The largest absolute Gasteiger partial charge is 0.397 e. The second kappa shape index (κ2) is 6.60. The number of nitrogens with two attached hydrogens (primary N) is 2. The smallest absolute Gasteiger partial charge is 0.260 e. The Hall–Kier alpha value is -1.76. The van der Waals surface area contributed by atoms with Crippen LogP contribution in [0.5, 0.6) is 0 Å². The number of amides is 2. The molecule has 6 N–H and O–H groups in total. The first kappa shape index (κ1) is 16.3. The molecule has 0 bridgehead atoms. The van der Waals surface area contributed by atoms with Crippen molar-refractivity contribution in [1.29, 1.82) is 0 Å². The summed E-state index contributed by atoms with van der Waals surface area (Å²) in [5.41, 5.74) is 11.6. The van der Waals surface area contributed by atoms with Crippen molar-refractivity contribution in [3.8, 4) is 0 Å². The van der Waals surface area contributed by atoms with Crippen LogP contribution in [0.3, 0.4) is 0 Å². The van der Waals surface area contributed by atoms with Crippen molar-refractivity contribution in [2.45, 2.75) is 33.2 Å². The lowest BCUT2D eigenvalue weighted by molar-refractivity contribution is 0.0964. The molecule has 1 aromatic rings. The number of nitrogens with one attached hydrogen (secondary N) is 2. The molecule has 1 atom stereocenters. The molecule has 0 radical (unpaired) electrons. The van der Waals surface area contributed by atoms with Crippen molar-refractivity contribution < 1.29 is 9.59 Å². The molecular weight excluding hydrogens is 276 g/mol. The summed E-state index contributed by atoms with van der Waals surface area (Å²) in [6, 6.07) is 0.192. The Morgan fingerprint density at radius 2 is 1.95 bits per heavy atom. The van der Waals surface area contributed by atoms with E-state index in [0.29, 0.717) is 16.5 Å². The predicted octanol–water partition coefficient (Wildman–Crippen LogP) is 1.64. The molecule has 0 aliphatic heterocycles. The van der Waals surface area contributed by atoms with Crippen LogP contribution in [0.2, 0.25) is 0 Å². The summed E-state index contributed by atoms with van der Waals surface area (Å²) in [5, 5.41) is 6.42. The Morgan fingerprint density at radius 3 is 2.35 bits per heavy atom. The van der Waals surface area contributed by atoms with Gasteiger partial charge < -0.3 is 22.1 Å². The maximum absolute atomic E-state index is 12.0. The average Bonchev–Trinajstić information content (AvgIpc) is 2.71. The number of nitrogen functional groups attached to an aromatic ring is 1. The summed E-state index contributed by atoms with van der Waals surface area (Å²) in [5.74, 6) is -0.562. The van der Waals surface area contributed by atoms with Crippen molar-refractivity contribution >= 4 is 33.8 Å². The van der Waals surface area contributed by atoms with Crippen molar-refractivity contribution in [3.63, 3.8) is 0 Å². The second-order valence-corrected chi connectivity index (χ2v) is 5.92. The quantitative estimate of drug-likeness (QED) is 0.639. The number of thiophene rings is 1. The number of hydrogen-bond acceptors (Lipinski definition) is 5. The van der Waals surface area contributed by atoms with E-state index in [1.54, 1.807) is 0 Å². The lowest BCUT2D eigenvalue weighted by Gasteiger charge is -2.21. The van der Waals surface area contributed by atoms with E-state index in [2.05, 4.69) is 31.4 Å². The highest BCUT2D eigenvalue weighted by Gasteiger charge is 2.25. The predicted molar refractivity (Wildman–Crippen MR) is 83.2 cm³/mol. The van der Waals surface area contributed by atoms with Crippen LogP contribution in [-0.2, 0) is 0 Å². The maximum Gasteiger partial charge on any atom is 0.260 e. The molecule has 0 saturated carbocycles. The molecule has 0 spiro atoms. The number of carbonyl (C=O) groups excluding carboxylic acids is 2. The van der Waals surface area contributed by atoms with Crippen LogP contribution in [0.1, 0.15) is 47.2 Å². The molecule has 0 aromatic carbocycles. The Balaban J connectivity index is 3.26. The number of carbonyl (C=O) groups is 2. The summed E-state index contributed by atoms with van der Waals surface area (Å²) in [4.78, 5) is 23.5. The molecule has 1 unspecified atom stereocenters.